The molecule has 3 aromatic carbocycles. The molecule has 31 heavy (non-hydrogen) atoms. The third kappa shape index (κ3) is 4.32. The Kier molecular flexibility index (Phi) is 6.30. The van der Waals surface area contributed by atoms with E-state index >= 15 is 0 Å². The minimum absolute atomic E-state index is 0.261. The fourth-order valence-electron chi connectivity index (χ4n) is 3.15. The monoisotopic (exact) mass is 488 g/mol. The maximum Gasteiger partial charge on any atom is 0.283 e. The fourth-order valence-corrected chi connectivity index (χ4v) is 4.57. The van der Waals surface area contributed by atoms with E-state index in [0.29, 0.717) is 20.6 Å². The van der Waals surface area contributed by atoms with Crippen molar-refractivity contribution in [3.8, 4) is 0 Å². The van der Waals surface area contributed by atoms with Crippen molar-refractivity contribution in [2.45, 2.75) is 4.90 Å². The summed E-state index contributed by atoms with van der Waals surface area (Å²) < 4.78 is 0. The zero-order chi connectivity index (χ0) is 22.1. The van der Waals surface area contributed by atoms with Crippen LogP contribution >= 0.6 is 46.6 Å². The van der Waals surface area contributed by atoms with E-state index in [1.165, 1.54) is 17.8 Å². The standard InChI is InChI=1S/C23H15Cl3N2O2S/c1-27(15-5-3-2-4-6-15)20-21(31-17-10-7-14(24)8-11-17)23(30)28(22(20)29)16-9-12-18(25)19(26)13-16/h2-13H,1H3. The third-order valence-electron chi connectivity index (χ3n) is 4.69. The highest BCUT2D eigenvalue weighted by atomic mass is 35.5. The average Bonchev–Trinajstić information content (AvgIpc) is 3.01. The van der Waals surface area contributed by atoms with Crippen molar-refractivity contribution in [2.24, 2.45) is 0 Å². The van der Waals surface area contributed by atoms with Crippen LogP contribution in [0.15, 0.2) is 88.3 Å². The van der Waals surface area contributed by atoms with Crippen LogP contribution in [0.25, 0.3) is 0 Å². The number of carbonyl (C=O) groups excluding carboxylic acids is 2. The number of nitrogens with zero attached hydrogens (tertiary/aromatic N) is 2. The Morgan fingerprint density at radius 1 is 0.806 bits per heavy atom. The fraction of sp³-hybridized carbons (Fsp3) is 0.0435. The zero-order valence-electron chi connectivity index (χ0n) is 16.2. The van der Waals surface area contributed by atoms with Crippen molar-refractivity contribution in [1.82, 2.24) is 0 Å². The summed E-state index contributed by atoms with van der Waals surface area (Å²) >= 11 is 19.4. The Morgan fingerprint density at radius 3 is 2.13 bits per heavy atom. The summed E-state index contributed by atoms with van der Waals surface area (Å²) in [5.41, 5.74) is 1.42. The largest absolute Gasteiger partial charge is 0.339 e. The molecule has 0 N–H and O–H groups in total. The number of imide groups is 1. The first-order chi connectivity index (χ1) is 14.9. The van der Waals surface area contributed by atoms with Crippen molar-refractivity contribution in [1.29, 1.82) is 0 Å². The second kappa shape index (κ2) is 8.97. The van der Waals surface area contributed by atoms with Gasteiger partial charge in [0.15, 0.2) is 0 Å². The van der Waals surface area contributed by atoms with Crippen molar-refractivity contribution in [3.63, 3.8) is 0 Å². The summed E-state index contributed by atoms with van der Waals surface area (Å²) in [6.07, 6.45) is 0. The Labute approximate surface area is 199 Å². The maximum atomic E-state index is 13.5. The number of thioether (sulfide) groups is 1. The van der Waals surface area contributed by atoms with E-state index in [0.717, 1.165) is 15.5 Å². The van der Waals surface area contributed by atoms with Gasteiger partial charge in [-0.1, -0.05) is 64.8 Å². The molecule has 1 aliphatic rings. The molecule has 0 fully saturated rings. The third-order valence-corrected chi connectivity index (χ3v) is 6.76. The summed E-state index contributed by atoms with van der Waals surface area (Å²) in [5, 5.41) is 1.19. The van der Waals surface area contributed by atoms with Gasteiger partial charge >= 0.3 is 0 Å². The first kappa shape index (κ1) is 21.8. The molecule has 4 rings (SSSR count). The van der Waals surface area contributed by atoms with E-state index in [9.17, 15) is 9.59 Å². The van der Waals surface area contributed by atoms with Gasteiger partial charge in [0.25, 0.3) is 11.8 Å². The molecule has 1 aliphatic heterocycles. The van der Waals surface area contributed by atoms with Crippen molar-refractivity contribution < 1.29 is 9.59 Å². The number of hydrogen-bond acceptors (Lipinski definition) is 4. The van der Waals surface area contributed by atoms with Gasteiger partial charge in [0.1, 0.15) is 10.6 Å². The van der Waals surface area contributed by atoms with Crippen LogP contribution in [0.3, 0.4) is 0 Å². The predicted molar refractivity (Wildman–Crippen MR) is 128 cm³/mol. The summed E-state index contributed by atoms with van der Waals surface area (Å²) in [4.78, 5) is 30.8. The Morgan fingerprint density at radius 2 is 1.48 bits per heavy atom. The van der Waals surface area contributed by atoms with E-state index in [1.54, 1.807) is 48.3 Å². The second-order valence-electron chi connectivity index (χ2n) is 6.67. The predicted octanol–water partition coefficient (Wildman–Crippen LogP) is 6.66. The van der Waals surface area contributed by atoms with Crippen LogP contribution < -0.4 is 9.80 Å². The van der Waals surface area contributed by atoms with Crippen LogP contribution in [-0.4, -0.2) is 18.9 Å². The molecule has 0 aliphatic carbocycles. The maximum absolute atomic E-state index is 13.5. The minimum Gasteiger partial charge on any atom is -0.339 e. The van der Waals surface area contributed by atoms with E-state index in [4.69, 9.17) is 34.8 Å². The Balaban J connectivity index is 1.80. The number of carbonyl (C=O) groups is 2. The van der Waals surface area contributed by atoms with Gasteiger partial charge in [-0.05, 0) is 54.6 Å². The number of para-hydroxylation sites is 1. The average molecular weight is 490 g/mol. The molecule has 0 saturated heterocycles. The van der Waals surface area contributed by atoms with Crippen LogP contribution in [0.1, 0.15) is 0 Å². The summed E-state index contributed by atoms with van der Waals surface area (Å²) in [5.74, 6) is -0.868. The smallest absolute Gasteiger partial charge is 0.283 e. The summed E-state index contributed by atoms with van der Waals surface area (Å²) in [6, 6.07) is 21.1. The molecule has 0 atom stereocenters. The normalized spacial score (nSPS) is 13.9. The molecule has 3 aromatic rings. The molecule has 0 unspecified atom stereocenters. The molecule has 156 valence electrons. The van der Waals surface area contributed by atoms with Gasteiger partial charge in [-0.2, -0.15) is 0 Å². The Hall–Kier alpha value is -2.44. The van der Waals surface area contributed by atoms with Gasteiger partial charge in [0, 0.05) is 22.7 Å². The number of amides is 2. The molecule has 2 amide bonds. The van der Waals surface area contributed by atoms with Gasteiger partial charge < -0.3 is 4.90 Å². The SMILES string of the molecule is CN(C1=C(Sc2ccc(Cl)cc2)C(=O)N(c2ccc(Cl)c(Cl)c2)C1=O)c1ccccc1. The molecule has 0 aromatic heterocycles. The molecule has 0 saturated carbocycles. The topological polar surface area (TPSA) is 40.6 Å². The molecule has 1 heterocycles. The zero-order valence-corrected chi connectivity index (χ0v) is 19.3. The minimum atomic E-state index is -0.439. The molecular weight excluding hydrogens is 475 g/mol. The molecule has 8 heteroatoms. The molecule has 0 radical (unpaired) electrons. The van der Waals surface area contributed by atoms with Crippen molar-refractivity contribution in [2.75, 3.05) is 16.8 Å². The lowest BCUT2D eigenvalue weighted by Crippen LogP contribution is -2.34. The number of rotatable bonds is 5. The summed E-state index contributed by atoms with van der Waals surface area (Å²) in [6.45, 7) is 0. The van der Waals surface area contributed by atoms with Crippen LogP contribution in [-0.2, 0) is 9.59 Å². The number of halogens is 3. The van der Waals surface area contributed by atoms with Gasteiger partial charge in [-0.25, -0.2) is 4.90 Å². The lowest BCUT2D eigenvalue weighted by atomic mass is 10.2. The van der Waals surface area contributed by atoms with E-state index in [-0.39, 0.29) is 10.7 Å². The Bertz CT molecular complexity index is 1200. The highest BCUT2D eigenvalue weighted by Crippen LogP contribution is 2.40. The van der Waals surface area contributed by atoms with Gasteiger partial charge in [0.2, 0.25) is 0 Å². The van der Waals surface area contributed by atoms with Gasteiger partial charge in [-0.3, -0.25) is 9.59 Å². The second-order valence-corrected chi connectivity index (χ2v) is 9.01. The quantitative estimate of drug-likeness (QED) is 0.376. The molecular formula is C23H15Cl3N2O2S. The van der Waals surface area contributed by atoms with E-state index in [2.05, 4.69) is 0 Å². The van der Waals surface area contributed by atoms with Gasteiger partial charge in [-0.15, -0.1) is 0 Å². The van der Waals surface area contributed by atoms with E-state index < -0.39 is 11.8 Å². The van der Waals surface area contributed by atoms with Crippen LogP contribution in [0, 0.1) is 0 Å². The van der Waals surface area contributed by atoms with E-state index in [1.807, 2.05) is 30.3 Å². The van der Waals surface area contributed by atoms with Crippen LogP contribution in [0.2, 0.25) is 15.1 Å². The van der Waals surface area contributed by atoms with Crippen LogP contribution in [0.4, 0.5) is 11.4 Å². The lowest BCUT2D eigenvalue weighted by Gasteiger charge is -2.21. The number of hydrogen-bond donors (Lipinski definition) is 0. The number of benzene rings is 3. The van der Waals surface area contributed by atoms with Crippen LogP contribution in [0.5, 0.6) is 0 Å². The highest BCUT2D eigenvalue weighted by Gasteiger charge is 2.42. The highest BCUT2D eigenvalue weighted by molar-refractivity contribution is 8.04. The lowest BCUT2D eigenvalue weighted by molar-refractivity contribution is -0.120. The van der Waals surface area contributed by atoms with Crippen molar-refractivity contribution in [3.05, 3.63) is 98.5 Å². The van der Waals surface area contributed by atoms with Gasteiger partial charge in [0.05, 0.1) is 15.7 Å². The molecule has 0 spiro atoms. The summed E-state index contributed by atoms with van der Waals surface area (Å²) in [7, 11) is 1.76. The molecule has 4 nitrogen and oxygen atoms in total. The number of anilines is 2. The molecule has 0 bridgehead atoms. The van der Waals surface area contributed by atoms with Crippen molar-refractivity contribution >= 4 is 69.8 Å². The first-order valence-corrected chi connectivity index (χ1v) is 11.1. The number of likely N-dealkylation sites (N-methyl/N-ethyl adjacent to an activating group) is 1. The first-order valence-electron chi connectivity index (χ1n) is 9.17.